The smallest absolute Gasteiger partial charge is 0.0760 e. The van der Waals surface area contributed by atoms with Gasteiger partial charge in [-0.3, -0.25) is 0 Å². The zero-order chi connectivity index (χ0) is 15.2. The maximum absolute atomic E-state index is 6.62. The van der Waals surface area contributed by atoms with Gasteiger partial charge in [-0.05, 0) is 36.1 Å². The molecular formula is C19H24ClN. The van der Waals surface area contributed by atoms with Gasteiger partial charge in [0.1, 0.15) is 0 Å². The van der Waals surface area contributed by atoms with E-state index in [4.69, 9.17) is 11.6 Å². The Morgan fingerprint density at radius 1 is 0.905 bits per heavy atom. The molecule has 2 heteroatoms. The van der Waals surface area contributed by atoms with E-state index in [1.54, 1.807) is 0 Å². The first-order chi connectivity index (χ1) is 10.1. The molecule has 21 heavy (non-hydrogen) atoms. The highest BCUT2D eigenvalue weighted by molar-refractivity contribution is 6.21. The Kier molecular flexibility index (Phi) is 5.69. The van der Waals surface area contributed by atoms with Gasteiger partial charge in [0, 0.05) is 18.8 Å². The van der Waals surface area contributed by atoms with Gasteiger partial charge in [-0.1, -0.05) is 56.3 Å². The molecule has 0 spiro atoms. The van der Waals surface area contributed by atoms with Crippen LogP contribution in [0.2, 0.25) is 0 Å². The van der Waals surface area contributed by atoms with Crippen molar-refractivity contribution < 1.29 is 0 Å². The second-order valence-corrected chi connectivity index (χ2v) is 6.19. The first kappa shape index (κ1) is 15.9. The molecule has 0 aromatic heterocycles. The normalized spacial score (nSPS) is 12.4. The Morgan fingerprint density at radius 3 is 2.00 bits per heavy atom. The van der Waals surface area contributed by atoms with Crippen molar-refractivity contribution in [3.05, 3.63) is 65.7 Å². The van der Waals surface area contributed by atoms with Crippen LogP contribution in [0, 0.1) is 0 Å². The Bertz CT molecular complexity index is 533. The molecule has 2 aromatic carbocycles. The van der Waals surface area contributed by atoms with E-state index in [1.165, 1.54) is 16.8 Å². The molecule has 1 unspecified atom stereocenters. The highest BCUT2D eigenvalue weighted by atomic mass is 35.5. The van der Waals surface area contributed by atoms with E-state index in [2.05, 4.69) is 74.2 Å². The van der Waals surface area contributed by atoms with E-state index in [9.17, 15) is 0 Å². The van der Waals surface area contributed by atoms with Crippen molar-refractivity contribution in [3.8, 4) is 0 Å². The van der Waals surface area contributed by atoms with Crippen LogP contribution in [0.15, 0.2) is 54.6 Å². The average Bonchev–Trinajstić information content (AvgIpc) is 2.53. The predicted molar refractivity (Wildman–Crippen MR) is 93.5 cm³/mol. The van der Waals surface area contributed by atoms with Crippen LogP contribution in [0.5, 0.6) is 0 Å². The summed E-state index contributed by atoms with van der Waals surface area (Å²) in [7, 11) is 0. The third kappa shape index (κ3) is 4.25. The maximum atomic E-state index is 6.62. The molecule has 0 radical (unpaired) electrons. The Balaban J connectivity index is 2.07. The van der Waals surface area contributed by atoms with Gasteiger partial charge in [0.2, 0.25) is 0 Å². The lowest BCUT2D eigenvalue weighted by molar-refractivity contribution is 0.789. The molecular weight excluding hydrogens is 278 g/mol. The summed E-state index contributed by atoms with van der Waals surface area (Å²) >= 11 is 6.62. The van der Waals surface area contributed by atoms with Gasteiger partial charge in [0.15, 0.2) is 0 Å². The van der Waals surface area contributed by atoms with E-state index in [0.717, 1.165) is 13.1 Å². The molecule has 0 aliphatic heterocycles. The van der Waals surface area contributed by atoms with Crippen molar-refractivity contribution >= 4 is 17.3 Å². The van der Waals surface area contributed by atoms with Crippen LogP contribution in [-0.4, -0.2) is 13.1 Å². The minimum absolute atomic E-state index is 0.00590. The van der Waals surface area contributed by atoms with Crippen LogP contribution in [0.4, 0.5) is 5.69 Å². The molecule has 0 amide bonds. The van der Waals surface area contributed by atoms with Crippen LogP contribution >= 0.6 is 11.6 Å². The summed E-state index contributed by atoms with van der Waals surface area (Å²) in [5, 5.41) is 0.00590. The SMILES string of the molecule is CCN(CC(Cl)c1ccc(C(C)C)cc1)c1ccccc1. The van der Waals surface area contributed by atoms with Crippen LogP contribution in [-0.2, 0) is 0 Å². The average molecular weight is 302 g/mol. The van der Waals surface area contributed by atoms with E-state index >= 15 is 0 Å². The van der Waals surface area contributed by atoms with E-state index in [1.807, 2.05) is 6.07 Å². The van der Waals surface area contributed by atoms with Crippen molar-refractivity contribution in [1.82, 2.24) is 0 Å². The highest BCUT2D eigenvalue weighted by Gasteiger charge is 2.13. The summed E-state index contributed by atoms with van der Waals surface area (Å²) in [4.78, 5) is 2.31. The zero-order valence-corrected chi connectivity index (χ0v) is 13.8. The van der Waals surface area contributed by atoms with Crippen molar-refractivity contribution in [1.29, 1.82) is 0 Å². The fourth-order valence-electron chi connectivity index (χ4n) is 2.44. The molecule has 0 aliphatic carbocycles. The van der Waals surface area contributed by atoms with Gasteiger partial charge in [0.25, 0.3) is 0 Å². The van der Waals surface area contributed by atoms with Crippen LogP contribution < -0.4 is 4.90 Å². The summed E-state index contributed by atoms with van der Waals surface area (Å²) in [6.07, 6.45) is 0. The molecule has 2 rings (SSSR count). The number of para-hydroxylation sites is 1. The second-order valence-electron chi connectivity index (χ2n) is 5.66. The van der Waals surface area contributed by atoms with Gasteiger partial charge >= 0.3 is 0 Å². The molecule has 0 bridgehead atoms. The monoisotopic (exact) mass is 301 g/mol. The minimum atomic E-state index is 0.00590. The van der Waals surface area contributed by atoms with E-state index < -0.39 is 0 Å². The summed E-state index contributed by atoms with van der Waals surface area (Å²) in [5.41, 5.74) is 3.78. The number of rotatable bonds is 6. The number of anilines is 1. The fourth-order valence-corrected chi connectivity index (χ4v) is 2.76. The maximum Gasteiger partial charge on any atom is 0.0760 e. The van der Waals surface area contributed by atoms with Gasteiger partial charge in [0.05, 0.1) is 5.38 Å². The number of halogens is 1. The minimum Gasteiger partial charge on any atom is -0.370 e. The summed E-state index contributed by atoms with van der Waals surface area (Å²) in [6, 6.07) is 19.1. The third-order valence-electron chi connectivity index (χ3n) is 3.85. The van der Waals surface area contributed by atoms with E-state index in [-0.39, 0.29) is 5.38 Å². The third-order valence-corrected chi connectivity index (χ3v) is 4.24. The fraction of sp³-hybridized carbons (Fsp3) is 0.368. The number of hydrogen-bond donors (Lipinski definition) is 0. The van der Waals surface area contributed by atoms with Crippen molar-refractivity contribution in [2.75, 3.05) is 18.0 Å². The molecule has 0 aliphatic rings. The lowest BCUT2D eigenvalue weighted by Crippen LogP contribution is -2.26. The molecule has 112 valence electrons. The quantitative estimate of drug-likeness (QED) is 0.626. The number of likely N-dealkylation sites (N-methyl/N-ethyl adjacent to an activating group) is 1. The number of hydrogen-bond acceptors (Lipinski definition) is 1. The van der Waals surface area contributed by atoms with Gasteiger partial charge < -0.3 is 4.90 Å². The topological polar surface area (TPSA) is 3.24 Å². The number of benzene rings is 2. The zero-order valence-electron chi connectivity index (χ0n) is 13.1. The molecule has 0 saturated carbocycles. The van der Waals surface area contributed by atoms with Crippen molar-refractivity contribution in [2.45, 2.75) is 32.1 Å². The predicted octanol–water partition coefficient (Wildman–Crippen LogP) is 5.62. The lowest BCUT2D eigenvalue weighted by Gasteiger charge is -2.26. The molecule has 0 saturated heterocycles. The lowest BCUT2D eigenvalue weighted by atomic mass is 10.0. The Morgan fingerprint density at radius 2 is 1.48 bits per heavy atom. The second kappa shape index (κ2) is 7.51. The van der Waals surface area contributed by atoms with Crippen LogP contribution in [0.25, 0.3) is 0 Å². The Hall–Kier alpha value is -1.47. The molecule has 1 atom stereocenters. The Labute approximate surface area is 133 Å². The van der Waals surface area contributed by atoms with Crippen molar-refractivity contribution in [2.24, 2.45) is 0 Å². The standard InChI is InChI=1S/C19H24ClN/c1-4-21(18-8-6-5-7-9-18)14-19(20)17-12-10-16(11-13-17)15(2)3/h5-13,15,19H,4,14H2,1-3H3. The molecule has 0 N–H and O–H groups in total. The summed E-state index contributed by atoms with van der Waals surface area (Å²) in [5.74, 6) is 0.560. The van der Waals surface area contributed by atoms with Crippen molar-refractivity contribution in [3.63, 3.8) is 0 Å². The highest BCUT2D eigenvalue weighted by Crippen LogP contribution is 2.26. The van der Waals surface area contributed by atoms with E-state index in [0.29, 0.717) is 5.92 Å². The summed E-state index contributed by atoms with van der Waals surface area (Å²) < 4.78 is 0. The number of nitrogens with zero attached hydrogens (tertiary/aromatic N) is 1. The van der Waals surface area contributed by atoms with Gasteiger partial charge in [-0.2, -0.15) is 0 Å². The molecule has 2 aromatic rings. The van der Waals surface area contributed by atoms with Crippen LogP contribution in [0.3, 0.4) is 0 Å². The van der Waals surface area contributed by atoms with Crippen LogP contribution in [0.1, 0.15) is 43.2 Å². The van der Waals surface area contributed by atoms with Gasteiger partial charge in [-0.15, -0.1) is 11.6 Å². The summed E-state index contributed by atoms with van der Waals surface area (Å²) in [6.45, 7) is 8.36. The number of alkyl halides is 1. The largest absolute Gasteiger partial charge is 0.370 e. The molecule has 0 heterocycles. The first-order valence-corrected chi connectivity index (χ1v) is 8.09. The van der Waals surface area contributed by atoms with Gasteiger partial charge in [-0.25, -0.2) is 0 Å². The first-order valence-electron chi connectivity index (χ1n) is 7.65. The molecule has 1 nitrogen and oxygen atoms in total. The molecule has 0 fully saturated rings.